The van der Waals surface area contributed by atoms with Crippen LogP contribution in [0.5, 0.6) is 0 Å². The van der Waals surface area contributed by atoms with Gasteiger partial charge in [0, 0.05) is 38.1 Å². The minimum Gasteiger partial charge on any atom is -0.371 e. The molecule has 3 heterocycles. The first kappa shape index (κ1) is 14.2. The van der Waals surface area contributed by atoms with Crippen LogP contribution in [0.2, 0.25) is 0 Å². The summed E-state index contributed by atoms with van der Waals surface area (Å²) in [4.78, 5) is 19.0. The highest BCUT2D eigenvalue weighted by Gasteiger charge is 2.45. The van der Waals surface area contributed by atoms with E-state index in [9.17, 15) is 4.79 Å². The van der Waals surface area contributed by atoms with Crippen LogP contribution in [0.1, 0.15) is 31.2 Å². The van der Waals surface area contributed by atoms with E-state index in [1.54, 1.807) is 6.20 Å². The lowest BCUT2D eigenvalue weighted by molar-refractivity contribution is -0.129. The Balaban J connectivity index is 1.36. The van der Waals surface area contributed by atoms with E-state index in [0.29, 0.717) is 6.04 Å². The molecule has 0 aromatic carbocycles. The van der Waals surface area contributed by atoms with Gasteiger partial charge in [0.2, 0.25) is 5.91 Å². The molecule has 0 unspecified atom stereocenters. The van der Waals surface area contributed by atoms with Crippen molar-refractivity contribution in [3.8, 4) is 0 Å². The topological polar surface area (TPSA) is 54.5 Å². The number of amides is 1. The van der Waals surface area contributed by atoms with Crippen LogP contribution in [0.3, 0.4) is 0 Å². The third-order valence-corrected chi connectivity index (χ3v) is 5.15. The fourth-order valence-corrected chi connectivity index (χ4v) is 3.75. The van der Waals surface area contributed by atoms with Gasteiger partial charge in [0.15, 0.2) is 0 Å². The highest BCUT2D eigenvalue weighted by Crippen LogP contribution is 2.33. The van der Waals surface area contributed by atoms with E-state index >= 15 is 0 Å². The van der Waals surface area contributed by atoms with Crippen LogP contribution >= 0.6 is 0 Å². The predicted octanol–water partition coefficient (Wildman–Crippen LogP) is 1.34. The van der Waals surface area contributed by atoms with Gasteiger partial charge in [0.1, 0.15) is 0 Å². The molecule has 2 saturated heterocycles. The van der Waals surface area contributed by atoms with Crippen LogP contribution in [0, 0.1) is 5.92 Å². The molecule has 0 spiro atoms. The van der Waals surface area contributed by atoms with Crippen LogP contribution in [0.4, 0.5) is 0 Å². The highest BCUT2D eigenvalue weighted by molar-refractivity contribution is 5.80. The summed E-state index contributed by atoms with van der Waals surface area (Å²) in [5, 5.41) is 3.19. The second kappa shape index (κ2) is 5.97. The van der Waals surface area contributed by atoms with Crippen molar-refractivity contribution in [2.45, 2.75) is 50.5 Å². The molecule has 22 heavy (non-hydrogen) atoms. The Labute approximate surface area is 131 Å². The van der Waals surface area contributed by atoms with Crippen molar-refractivity contribution in [3.05, 3.63) is 30.1 Å². The molecule has 1 saturated carbocycles. The van der Waals surface area contributed by atoms with Gasteiger partial charge in [-0.3, -0.25) is 14.7 Å². The number of hydrogen-bond donors (Lipinski definition) is 1. The lowest BCUT2D eigenvalue weighted by atomic mass is 9.91. The van der Waals surface area contributed by atoms with Gasteiger partial charge in [0.25, 0.3) is 0 Å². The summed E-state index contributed by atoms with van der Waals surface area (Å²) >= 11 is 0. The third-order valence-electron chi connectivity index (χ3n) is 5.15. The molecular formula is C17H23N3O2. The molecule has 3 fully saturated rings. The number of ether oxygens (including phenoxy) is 1. The van der Waals surface area contributed by atoms with Crippen molar-refractivity contribution in [2.24, 2.45) is 5.92 Å². The van der Waals surface area contributed by atoms with Crippen LogP contribution in [-0.2, 0) is 16.1 Å². The minimum absolute atomic E-state index is 0.0319. The summed E-state index contributed by atoms with van der Waals surface area (Å²) in [5.41, 5.74) is 1.22. The molecule has 3 atom stereocenters. The molecule has 5 heteroatoms. The number of fused-ring (bicyclic) bond motifs is 2. The summed E-state index contributed by atoms with van der Waals surface area (Å²) in [6.45, 7) is 2.65. The number of hydrogen-bond acceptors (Lipinski definition) is 4. The highest BCUT2D eigenvalue weighted by atomic mass is 16.5. The normalized spacial score (nSPS) is 31.7. The Kier molecular flexibility index (Phi) is 3.84. The summed E-state index contributed by atoms with van der Waals surface area (Å²) in [7, 11) is 0. The zero-order valence-corrected chi connectivity index (χ0v) is 12.8. The van der Waals surface area contributed by atoms with Gasteiger partial charge in [0.05, 0.1) is 18.1 Å². The molecule has 1 aromatic rings. The quantitative estimate of drug-likeness (QED) is 0.912. The number of likely N-dealkylation sites (tertiary alicyclic amines) is 1. The van der Waals surface area contributed by atoms with Crippen molar-refractivity contribution >= 4 is 5.91 Å². The number of rotatable bonds is 4. The third kappa shape index (κ3) is 2.88. The zero-order valence-electron chi connectivity index (χ0n) is 12.8. The molecule has 3 aliphatic rings. The number of carbonyl (C=O) groups excluding carboxylic acids is 1. The number of carbonyl (C=O) groups is 1. The summed E-state index contributed by atoms with van der Waals surface area (Å²) in [6, 6.07) is 4.49. The molecule has 4 rings (SSSR count). The van der Waals surface area contributed by atoms with Gasteiger partial charge in [-0.15, -0.1) is 0 Å². The molecule has 1 aromatic heterocycles. The lowest BCUT2D eigenvalue weighted by Gasteiger charge is -2.33. The van der Waals surface area contributed by atoms with E-state index < -0.39 is 0 Å². The molecule has 2 aliphatic heterocycles. The van der Waals surface area contributed by atoms with Crippen molar-refractivity contribution in [3.63, 3.8) is 0 Å². The SMILES string of the molecule is O=C(NC1CCC1)[C@@H]1C[C@H]2CN(Cc3cccnc3)C[C@H]1O2. The lowest BCUT2D eigenvalue weighted by Crippen LogP contribution is -2.47. The molecule has 118 valence electrons. The largest absolute Gasteiger partial charge is 0.371 e. The Morgan fingerprint density at radius 3 is 3.05 bits per heavy atom. The van der Waals surface area contributed by atoms with Crippen molar-refractivity contribution < 1.29 is 9.53 Å². The second-order valence-corrected chi connectivity index (χ2v) is 6.83. The predicted molar refractivity (Wildman–Crippen MR) is 82.1 cm³/mol. The zero-order chi connectivity index (χ0) is 14.9. The van der Waals surface area contributed by atoms with E-state index in [-0.39, 0.29) is 24.0 Å². The monoisotopic (exact) mass is 301 g/mol. The van der Waals surface area contributed by atoms with Crippen LogP contribution in [-0.4, -0.2) is 47.1 Å². The fraction of sp³-hybridized carbons (Fsp3) is 0.647. The number of morpholine rings is 1. The average Bonchev–Trinajstić information content (AvgIpc) is 2.79. The Morgan fingerprint density at radius 1 is 1.41 bits per heavy atom. The van der Waals surface area contributed by atoms with Crippen LogP contribution < -0.4 is 5.32 Å². The van der Waals surface area contributed by atoms with Gasteiger partial charge in [-0.25, -0.2) is 0 Å². The Morgan fingerprint density at radius 2 is 2.32 bits per heavy atom. The standard InChI is InChI=1S/C17H23N3O2/c21-17(19-13-4-1-5-13)15-7-14-10-20(11-16(15)22-14)9-12-3-2-6-18-8-12/h2-3,6,8,13-16H,1,4-5,7,9-11H2,(H,19,21)/t14-,15+,16+/m0/s1. The van der Waals surface area contributed by atoms with Gasteiger partial charge in [-0.05, 0) is 37.3 Å². The smallest absolute Gasteiger partial charge is 0.226 e. The molecule has 1 aliphatic carbocycles. The molecule has 0 radical (unpaired) electrons. The van der Waals surface area contributed by atoms with E-state index in [4.69, 9.17) is 4.74 Å². The van der Waals surface area contributed by atoms with Crippen LogP contribution in [0.25, 0.3) is 0 Å². The molecular weight excluding hydrogens is 278 g/mol. The van der Waals surface area contributed by atoms with Crippen molar-refractivity contribution in [1.82, 2.24) is 15.2 Å². The number of nitrogens with one attached hydrogen (secondary N) is 1. The number of pyridine rings is 1. The summed E-state index contributed by atoms with van der Waals surface area (Å²) < 4.78 is 6.01. The summed E-state index contributed by atoms with van der Waals surface area (Å²) in [6.07, 6.45) is 8.36. The van der Waals surface area contributed by atoms with E-state index in [1.165, 1.54) is 12.0 Å². The minimum atomic E-state index is 0.0319. The van der Waals surface area contributed by atoms with Crippen molar-refractivity contribution in [2.75, 3.05) is 13.1 Å². The molecule has 1 amide bonds. The second-order valence-electron chi connectivity index (χ2n) is 6.83. The number of nitrogens with zero attached hydrogens (tertiary/aromatic N) is 2. The number of aromatic nitrogens is 1. The Bertz CT molecular complexity index is 532. The first-order valence-electron chi connectivity index (χ1n) is 8.35. The van der Waals surface area contributed by atoms with Gasteiger partial charge >= 0.3 is 0 Å². The van der Waals surface area contributed by atoms with Crippen LogP contribution in [0.15, 0.2) is 24.5 Å². The fourth-order valence-electron chi connectivity index (χ4n) is 3.75. The maximum Gasteiger partial charge on any atom is 0.226 e. The van der Waals surface area contributed by atoms with Gasteiger partial charge < -0.3 is 10.1 Å². The average molecular weight is 301 g/mol. The van der Waals surface area contributed by atoms with E-state index in [1.807, 2.05) is 12.3 Å². The van der Waals surface area contributed by atoms with E-state index in [2.05, 4.69) is 21.3 Å². The van der Waals surface area contributed by atoms with Crippen molar-refractivity contribution in [1.29, 1.82) is 0 Å². The first-order chi connectivity index (χ1) is 10.8. The van der Waals surface area contributed by atoms with Gasteiger partial charge in [-0.1, -0.05) is 6.07 Å². The Hall–Kier alpha value is -1.46. The van der Waals surface area contributed by atoms with Gasteiger partial charge in [-0.2, -0.15) is 0 Å². The molecule has 2 bridgehead atoms. The maximum absolute atomic E-state index is 12.4. The first-order valence-corrected chi connectivity index (χ1v) is 8.35. The maximum atomic E-state index is 12.4. The van der Waals surface area contributed by atoms with E-state index in [0.717, 1.165) is 38.9 Å². The molecule has 5 nitrogen and oxygen atoms in total. The molecule has 1 N–H and O–H groups in total. The summed E-state index contributed by atoms with van der Waals surface area (Å²) in [5.74, 6) is 0.241.